The van der Waals surface area contributed by atoms with E-state index in [2.05, 4.69) is 14.8 Å². The van der Waals surface area contributed by atoms with Crippen molar-refractivity contribution in [3.8, 4) is 0 Å². The molecule has 0 atom stereocenters. The lowest BCUT2D eigenvalue weighted by Gasteiger charge is -2.10. The van der Waals surface area contributed by atoms with Crippen molar-refractivity contribution in [2.24, 2.45) is 0 Å². The number of carbonyl (C=O) groups is 2. The van der Waals surface area contributed by atoms with Gasteiger partial charge in [0.1, 0.15) is 0 Å². The lowest BCUT2D eigenvalue weighted by Crippen LogP contribution is -2.14. The Labute approximate surface area is 146 Å². The van der Waals surface area contributed by atoms with Crippen LogP contribution in [0, 0.1) is 6.92 Å². The standard InChI is InChI=1S/C17H18N2O5S/c1-11-10-13(6-9-15(11)19-25(3,22)23)16(20)18-14-7-4-12(5-8-14)17(21)24-2/h4-10,19H,1-3H3,(H,18,20). The Morgan fingerprint density at radius 3 is 2.12 bits per heavy atom. The molecule has 0 saturated heterocycles. The average molecular weight is 362 g/mol. The molecule has 0 unspecified atom stereocenters. The third-order valence-electron chi connectivity index (χ3n) is 3.35. The van der Waals surface area contributed by atoms with Gasteiger partial charge in [-0.1, -0.05) is 0 Å². The highest BCUT2D eigenvalue weighted by molar-refractivity contribution is 7.92. The van der Waals surface area contributed by atoms with Gasteiger partial charge >= 0.3 is 5.97 Å². The van der Waals surface area contributed by atoms with E-state index in [1.54, 1.807) is 37.3 Å². The second-order valence-corrected chi connectivity index (χ2v) is 7.18. The lowest BCUT2D eigenvalue weighted by atomic mass is 10.1. The summed E-state index contributed by atoms with van der Waals surface area (Å²) in [6, 6.07) is 10.9. The Balaban J connectivity index is 2.13. The summed E-state index contributed by atoms with van der Waals surface area (Å²) in [6.07, 6.45) is 1.06. The van der Waals surface area contributed by atoms with Gasteiger partial charge in [0, 0.05) is 11.3 Å². The predicted octanol–water partition coefficient (Wildman–Crippen LogP) is 2.41. The zero-order valence-corrected chi connectivity index (χ0v) is 14.8. The number of nitrogens with one attached hydrogen (secondary N) is 2. The largest absolute Gasteiger partial charge is 0.465 e. The molecule has 0 saturated carbocycles. The van der Waals surface area contributed by atoms with Crippen molar-refractivity contribution in [3.63, 3.8) is 0 Å². The van der Waals surface area contributed by atoms with Gasteiger partial charge in [-0.2, -0.15) is 0 Å². The van der Waals surface area contributed by atoms with Crippen molar-refractivity contribution < 1.29 is 22.7 Å². The monoisotopic (exact) mass is 362 g/mol. The molecule has 0 aliphatic heterocycles. The van der Waals surface area contributed by atoms with Gasteiger partial charge in [-0.05, 0) is 55.0 Å². The van der Waals surface area contributed by atoms with E-state index in [0.717, 1.165) is 6.26 Å². The summed E-state index contributed by atoms with van der Waals surface area (Å²) in [5.74, 6) is -0.803. The van der Waals surface area contributed by atoms with E-state index in [-0.39, 0.29) is 5.91 Å². The minimum atomic E-state index is -3.38. The molecule has 0 radical (unpaired) electrons. The van der Waals surface area contributed by atoms with Crippen LogP contribution in [0.1, 0.15) is 26.3 Å². The van der Waals surface area contributed by atoms with Gasteiger partial charge in [0.05, 0.1) is 24.6 Å². The predicted molar refractivity (Wildman–Crippen MR) is 95.4 cm³/mol. The first-order chi connectivity index (χ1) is 11.7. The zero-order valence-electron chi connectivity index (χ0n) is 14.0. The molecule has 0 aliphatic rings. The first-order valence-corrected chi connectivity index (χ1v) is 9.17. The fourth-order valence-corrected chi connectivity index (χ4v) is 2.76. The third kappa shape index (κ3) is 5.05. The van der Waals surface area contributed by atoms with Crippen LogP contribution >= 0.6 is 0 Å². The number of amides is 1. The van der Waals surface area contributed by atoms with Crippen molar-refractivity contribution >= 4 is 33.3 Å². The molecule has 25 heavy (non-hydrogen) atoms. The minimum absolute atomic E-state index is 0.347. The second-order valence-electron chi connectivity index (χ2n) is 5.43. The number of hydrogen-bond acceptors (Lipinski definition) is 5. The van der Waals surface area contributed by atoms with Gasteiger partial charge in [0.15, 0.2) is 0 Å². The van der Waals surface area contributed by atoms with Crippen molar-refractivity contribution in [2.75, 3.05) is 23.4 Å². The molecule has 1 amide bonds. The number of anilines is 2. The number of methoxy groups -OCH3 is 1. The van der Waals surface area contributed by atoms with Crippen molar-refractivity contribution in [1.29, 1.82) is 0 Å². The highest BCUT2D eigenvalue weighted by atomic mass is 32.2. The van der Waals surface area contributed by atoms with Gasteiger partial charge in [-0.3, -0.25) is 9.52 Å². The number of carbonyl (C=O) groups excluding carboxylic acids is 2. The van der Waals surface area contributed by atoms with Gasteiger partial charge in [0.2, 0.25) is 10.0 Å². The minimum Gasteiger partial charge on any atom is -0.465 e. The topological polar surface area (TPSA) is 102 Å². The summed E-state index contributed by atoms with van der Waals surface area (Å²) >= 11 is 0. The molecule has 2 aromatic carbocycles. The molecule has 0 fully saturated rings. The quantitative estimate of drug-likeness (QED) is 0.795. The first-order valence-electron chi connectivity index (χ1n) is 7.28. The molecular formula is C17H18N2O5S. The van der Waals surface area contributed by atoms with Crippen LogP contribution in [-0.2, 0) is 14.8 Å². The number of esters is 1. The molecule has 2 N–H and O–H groups in total. The van der Waals surface area contributed by atoms with E-state index >= 15 is 0 Å². The van der Waals surface area contributed by atoms with E-state index in [9.17, 15) is 18.0 Å². The van der Waals surface area contributed by atoms with Crippen molar-refractivity contribution in [1.82, 2.24) is 0 Å². The molecule has 7 nitrogen and oxygen atoms in total. The summed E-state index contributed by atoms with van der Waals surface area (Å²) in [4.78, 5) is 23.7. The summed E-state index contributed by atoms with van der Waals surface area (Å²) in [7, 11) is -2.09. The van der Waals surface area contributed by atoms with E-state index in [1.807, 2.05) is 0 Å². The van der Waals surface area contributed by atoms with E-state index in [0.29, 0.717) is 28.1 Å². The number of aryl methyl sites for hydroxylation is 1. The molecular weight excluding hydrogens is 344 g/mol. The van der Waals surface area contributed by atoms with Gasteiger partial charge in [-0.15, -0.1) is 0 Å². The summed E-state index contributed by atoms with van der Waals surface area (Å²) in [6.45, 7) is 1.70. The van der Waals surface area contributed by atoms with Gasteiger partial charge < -0.3 is 10.1 Å². The van der Waals surface area contributed by atoms with Crippen LogP contribution in [0.2, 0.25) is 0 Å². The number of rotatable bonds is 5. The molecule has 132 valence electrons. The van der Waals surface area contributed by atoms with Crippen LogP contribution in [0.4, 0.5) is 11.4 Å². The SMILES string of the molecule is COC(=O)c1ccc(NC(=O)c2ccc(NS(C)(=O)=O)c(C)c2)cc1. The highest BCUT2D eigenvalue weighted by Gasteiger charge is 2.11. The summed E-state index contributed by atoms with van der Waals surface area (Å²) in [5, 5.41) is 2.71. The molecule has 8 heteroatoms. The van der Waals surface area contributed by atoms with Crippen LogP contribution < -0.4 is 10.0 Å². The lowest BCUT2D eigenvalue weighted by molar-refractivity contribution is 0.0600. The van der Waals surface area contributed by atoms with E-state index in [1.165, 1.54) is 19.2 Å². The number of hydrogen-bond donors (Lipinski definition) is 2. The number of benzene rings is 2. The first kappa shape index (κ1) is 18.5. The molecule has 0 aromatic heterocycles. The zero-order chi connectivity index (χ0) is 18.6. The molecule has 2 rings (SSSR count). The molecule has 0 bridgehead atoms. The number of sulfonamides is 1. The maximum Gasteiger partial charge on any atom is 0.337 e. The fourth-order valence-electron chi connectivity index (χ4n) is 2.13. The Bertz CT molecular complexity index is 905. The molecule has 0 spiro atoms. The van der Waals surface area contributed by atoms with Crippen LogP contribution in [0.25, 0.3) is 0 Å². The maximum absolute atomic E-state index is 12.3. The average Bonchev–Trinajstić information content (AvgIpc) is 2.55. The van der Waals surface area contributed by atoms with E-state index in [4.69, 9.17) is 0 Å². The van der Waals surface area contributed by atoms with Crippen LogP contribution in [0.5, 0.6) is 0 Å². The van der Waals surface area contributed by atoms with Crippen molar-refractivity contribution in [3.05, 3.63) is 59.2 Å². The smallest absolute Gasteiger partial charge is 0.337 e. The summed E-state index contributed by atoms with van der Waals surface area (Å²) < 4.78 is 29.6. The Kier molecular flexibility index (Phi) is 5.43. The molecule has 0 heterocycles. The maximum atomic E-state index is 12.3. The van der Waals surface area contributed by atoms with Crippen LogP contribution in [-0.4, -0.2) is 33.7 Å². The van der Waals surface area contributed by atoms with Crippen LogP contribution in [0.15, 0.2) is 42.5 Å². The van der Waals surface area contributed by atoms with Gasteiger partial charge in [0.25, 0.3) is 5.91 Å². The number of ether oxygens (including phenoxy) is 1. The Morgan fingerprint density at radius 2 is 1.60 bits per heavy atom. The normalized spacial score (nSPS) is 10.8. The third-order valence-corrected chi connectivity index (χ3v) is 3.94. The molecule has 0 aliphatic carbocycles. The van der Waals surface area contributed by atoms with E-state index < -0.39 is 16.0 Å². The van der Waals surface area contributed by atoms with Crippen LogP contribution in [0.3, 0.4) is 0 Å². The Morgan fingerprint density at radius 1 is 1.00 bits per heavy atom. The fraction of sp³-hybridized carbons (Fsp3) is 0.176. The van der Waals surface area contributed by atoms with Gasteiger partial charge in [-0.25, -0.2) is 13.2 Å². The summed E-state index contributed by atoms with van der Waals surface area (Å²) in [5.41, 5.74) is 2.33. The highest BCUT2D eigenvalue weighted by Crippen LogP contribution is 2.19. The van der Waals surface area contributed by atoms with Crippen molar-refractivity contribution in [2.45, 2.75) is 6.92 Å². The Hall–Kier alpha value is -2.87. The second kappa shape index (κ2) is 7.35. The molecule has 2 aromatic rings.